The molecule has 3 heteroatoms. The van der Waals surface area contributed by atoms with Crippen LogP contribution in [0.3, 0.4) is 0 Å². The number of thioether (sulfide) groups is 1. The number of aryl methyl sites for hydroxylation is 1. The SMILES string of the molecule is CCNc1ccnc(CSc2ccc(C)cc2)c1. The van der Waals surface area contributed by atoms with Crippen LogP contribution in [0.2, 0.25) is 0 Å². The molecule has 0 aliphatic rings. The van der Waals surface area contributed by atoms with Crippen molar-refractivity contribution in [2.45, 2.75) is 24.5 Å². The Bertz CT molecular complexity index is 494. The highest BCUT2D eigenvalue weighted by Gasteiger charge is 1.99. The first kappa shape index (κ1) is 13.0. The van der Waals surface area contributed by atoms with Crippen LogP contribution in [-0.4, -0.2) is 11.5 Å². The van der Waals surface area contributed by atoms with E-state index in [-0.39, 0.29) is 0 Å². The summed E-state index contributed by atoms with van der Waals surface area (Å²) in [5.41, 5.74) is 3.55. The van der Waals surface area contributed by atoms with Crippen LogP contribution >= 0.6 is 11.8 Å². The largest absolute Gasteiger partial charge is 0.385 e. The van der Waals surface area contributed by atoms with Crippen LogP contribution in [0.1, 0.15) is 18.2 Å². The second-order valence-electron chi connectivity index (χ2n) is 4.17. The number of nitrogens with one attached hydrogen (secondary N) is 1. The minimum atomic E-state index is 0.905. The van der Waals surface area contributed by atoms with Crippen molar-refractivity contribution in [2.75, 3.05) is 11.9 Å². The molecule has 1 N–H and O–H groups in total. The average Bonchev–Trinajstić information content (AvgIpc) is 2.39. The molecule has 0 aliphatic carbocycles. The topological polar surface area (TPSA) is 24.9 Å². The molecule has 0 unspecified atom stereocenters. The first-order valence-corrected chi connectivity index (χ1v) is 7.15. The van der Waals surface area contributed by atoms with Gasteiger partial charge in [-0.3, -0.25) is 4.98 Å². The zero-order valence-electron chi connectivity index (χ0n) is 10.8. The zero-order valence-corrected chi connectivity index (χ0v) is 11.6. The second-order valence-corrected chi connectivity index (χ2v) is 5.22. The lowest BCUT2D eigenvalue weighted by Crippen LogP contribution is -1.97. The first-order valence-electron chi connectivity index (χ1n) is 6.16. The van der Waals surface area contributed by atoms with Gasteiger partial charge in [-0.05, 0) is 38.1 Å². The van der Waals surface area contributed by atoms with E-state index in [0.717, 1.165) is 23.7 Å². The van der Waals surface area contributed by atoms with Gasteiger partial charge in [0, 0.05) is 29.1 Å². The Morgan fingerprint density at radius 2 is 1.94 bits per heavy atom. The fraction of sp³-hybridized carbons (Fsp3) is 0.267. The highest BCUT2D eigenvalue weighted by atomic mass is 32.2. The quantitative estimate of drug-likeness (QED) is 0.817. The van der Waals surface area contributed by atoms with Crippen molar-refractivity contribution in [2.24, 2.45) is 0 Å². The lowest BCUT2D eigenvalue weighted by atomic mass is 10.2. The third-order valence-electron chi connectivity index (χ3n) is 2.61. The molecule has 2 nitrogen and oxygen atoms in total. The van der Waals surface area contributed by atoms with Crippen LogP contribution < -0.4 is 5.32 Å². The molecule has 1 aromatic carbocycles. The van der Waals surface area contributed by atoms with Crippen LogP contribution in [0.5, 0.6) is 0 Å². The molecule has 0 spiro atoms. The number of anilines is 1. The summed E-state index contributed by atoms with van der Waals surface area (Å²) in [6, 6.07) is 12.7. The van der Waals surface area contributed by atoms with Crippen LogP contribution in [0, 0.1) is 6.92 Å². The summed E-state index contributed by atoms with van der Waals surface area (Å²) >= 11 is 1.82. The Hall–Kier alpha value is -1.48. The maximum Gasteiger partial charge on any atom is 0.0526 e. The monoisotopic (exact) mass is 258 g/mol. The normalized spacial score (nSPS) is 10.3. The number of hydrogen-bond donors (Lipinski definition) is 1. The van der Waals surface area contributed by atoms with Gasteiger partial charge < -0.3 is 5.32 Å². The molecule has 0 saturated carbocycles. The summed E-state index contributed by atoms with van der Waals surface area (Å²) in [6.45, 7) is 5.14. The number of benzene rings is 1. The molecule has 0 amide bonds. The third-order valence-corrected chi connectivity index (χ3v) is 3.65. The summed E-state index contributed by atoms with van der Waals surface area (Å²) in [7, 11) is 0. The molecule has 94 valence electrons. The van der Waals surface area contributed by atoms with E-state index in [1.165, 1.54) is 10.5 Å². The molecular formula is C15H18N2S. The molecule has 0 fully saturated rings. The minimum Gasteiger partial charge on any atom is -0.385 e. The van der Waals surface area contributed by atoms with Crippen molar-refractivity contribution in [1.29, 1.82) is 0 Å². The minimum absolute atomic E-state index is 0.905. The van der Waals surface area contributed by atoms with Crippen molar-refractivity contribution in [3.63, 3.8) is 0 Å². The number of rotatable bonds is 5. The Labute approximate surface area is 113 Å². The Kier molecular flexibility index (Phi) is 4.65. The highest BCUT2D eigenvalue weighted by Crippen LogP contribution is 2.23. The molecule has 0 bridgehead atoms. The molecule has 18 heavy (non-hydrogen) atoms. The van der Waals surface area contributed by atoms with Crippen LogP contribution in [-0.2, 0) is 5.75 Å². The molecule has 0 radical (unpaired) electrons. The predicted octanol–water partition coefficient (Wildman–Crippen LogP) is 4.11. The molecule has 1 aromatic heterocycles. The molecular weight excluding hydrogens is 240 g/mol. The molecule has 0 saturated heterocycles. The van der Waals surface area contributed by atoms with Gasteiger partial charge in [0.1, 0.15) is 0 Å². The van der Waals surface area contributed by atoms with E-state index >= 15 is 0 Å². The van der Waals surface area contributed by atoms with Crippen LogP contribution in [0.15, 0.2) is 47.5 Å². The molecule has 2 aromatic rings. The van der Waals surface area contributed by atoms with Crippen molar-refractivity contribution in [3.05, 3.63) is 53.9 Å². The maximum atomic E-state index is 4.39. The number of hydrogen-bond acceptors (Lipinski definition) is 3. The molecule has 0 atom stereocenters. The summed E-state index contributed by atoms with van der Waals surface area (Å²) < 4.78 is 0. The maximum absolute atomic E-state index is 4.39. The first-order chi connectivity index (χ1) is 8.78. The lowest BCUT2D eigenvalue weighted by molar-refractivity contribution is 1.15. The fourth-order valence-corrected chi connectivity index (χ4v) is 2.46. The summed E-state index contributed by atoms with van der Waals surface area (Å²) in [5.74, 6) is 0.905. The van der Waals surface area contributed by atoms with Crippen molar-refractivity contribution < 1.29 is 0 Å². The average molecular weight is 258 g/mol. The van der Waals surface area contributed by atoms with Gasteiger partial charge in [-0.2, -0.15) is 0 Å². The summed E-state index contributed by atoms with van der Waals surface area (Å²) in [6.07, 6.45) is 1.86. The van der Waals surface area contributed by atoms with E-state index in [2.05, 4.69) is 54.5 Å². The Balaban J connectivity index is 1.97. The van der Waals surface area contributed by atoms with Gasteiger partial charge >= 0.3 is 0 Å². The van der Waals surface area contributed by atoms with Gasteiger partial charge in [0.05, 0.1) is 5.69 Å². The van der Waals surface area contributed by atoms with Gasteiger partial charge in [-0.1, -0.05) is 17.7 Å². The van der Waals surface area contributed by atoms with E-state index < -0.39 is 0 Å². The smallest absolute Gasteiger partial charge is 0.0526 e. The van der Waals surface area contributed by atoms with Gasteiger partial charge in [-0.25, -0.2) is 0 Å². The van der Waals surface area contributed by atoms with Gasteiger partial charge in [0.15, 0.2) is 0 Å². The second kappa shape index (κ2) is 6.45. The number of aromatic nitrogens is 1. The van der Waals surface area contributed by atoms with E-state index in [4.69, 9.17) is 0 Å². The molecule has 2 rings (SSSR count). The van der Waals surface area contributed by atoms with Crippen LogP contribution in [0.4, 0.5) is 5.69 Å². The Morgan fingerprint density at radius 1 is 1.17 bits per heavy atom. The fourth-order valence-electron chi connectivity index (χ4n) is 1.66. The Morgan fingerprint density at radius 3 is 2.67 bits per heavy atom. The van der Waals surface area contributed by atoms with E-state index in [0.29, 0.717) is 0 Å². The van der Waals surface area contributed by atoms with Gasteiger partial charge in [-0.15, -0.1) is 11.8 Å². The lowest BCUT2D eigenvalue weighted by Gasteiger charge is -2.06. The van der Waals surface area contributed by atoms with E-state index in [1.54, 1.807) is 0 Å². The van der Waals surface area contributed by atoms with Gasteiger partial charge in [0.25, 0.3) is 0 Å². The van der Waals surface area contributed by atoms with Crippen molar-refractivity contribution in [3.8, 4) is 0 Å². The van der Waals surface area contributed by atoms with Gasteiger partial charge in [0.2, 0.25) is 0 Å². The third kappa shape index (κ3) is 3.77. The van der Waals surface area contributed by atoms with E-state index in [1.807, 2.05) is 24.0 Å². The molecule has 0 aliphatic heterocycles. The summed E-state index contributed by atoms with van der Waals surface area (Å²) in [5, 5.41) is 3.30. The van der Waals surface area contributed by atoms with E-state index in [9.17, 15) is 0 Å². The standard InChI is InChI=1S/C15H18N2S/c1-3-16-13-8-9-17-14(10-13)11-18-15-6-4-12(2)5-7-15/h4-10H,3,11H2,1-2H3,(H,16,17). The summed E-state index contributed by atoms with van der Waals surface area (Å²) in [4.78, 5) is 5.68. The number of pyridine rings is 1. The predicted molar refractivity (Wildman–Crippen MR) is 79.1 cm³/mol. The van der Waals surface area contributed by atoms with Crippen molar-refractivity contribution >= 4 is 17.4 Å². The number of nitrogens with zero attached hydrogens (tertiary/aromatic N) is 1. The van der Waals surface area contributed by atoms with Crippen LogP contribution in [0.25, 0.3) is 0 Å². The molecule has 1 heterocycles. The van der Waals surface area contributed by atoms with Crippen molar-refractivity contribution in [1.82, 2.24) is 4.98 Å². The zero-order chi connectivity index (χ0) is 12.8. The highest BCUT2D eigenvalue weighted by molar-refractivity contribution is 7.98.